The van der Waals surface area contributed by atoms with Crippen LogP contribution in [0.15, 0.2) is 23.7 Å². The molecule has 0 fully saturated rings. The predicted molar refractivity (Wildman–Crippen MR) is 65.7 cm³/mol. The number of thiocarbonyl (C=S) groups is 1. The number of rotatable bonds is 5. The molecule has 0 aliphatic rings. The zero-order valence-electron chi connectivity index (χ0n) is 7.83. The van der Waals surface area contributed by atoms with Crippen molar-refractivity contribution in [3.63, 3.8) is 0 Å². The third kappa shape index (κ3) is 4.08. The summed E-state index contributed by atoms with van der Waals surface area (Å²) in [6.45, 7) is 2.65. The van der Waals surface area contributed by atoms with E-state index in [9.17, 15) is 5.11 Å². The highest BCUT2D eigenvalue weighted by molar-refractivity contribution is 9.20. The van der Waals surface area contributed by atoms with E-state index in [1.165, 1.54) is 12.4 Å². The Bertz CT molecular complexity index is 265. The van der Waals surface area contributed by atoms with Crippen molar-refractivity contribution in [1.82, 2.24) is 5.32 Å². The molecule has 0 aromatic heterocycles. The van der Waals surface area contributed by atoms with Crippen molar-refractivity contribution in [3.05, 3.63) is 23.7 Å². The summed E-state index contributed by atoms with van der Waals surface area (Å²) in [5, 5.41) is 12.5. The summed E-state index contributed by atoms with van der Waals surface area (Å²) in [6, 6.07) is 0. The van der Waals surface area contributed by atoms with Crippen molar-refractivity contribution in [2.75, 3.05) is 6.54 Å². The molecule has 0 amide bonds. The maximum absolute atomic E-state index is 9.68. The van der Waals surface area contributed by atoms with Crippen LogP contribution in [0, 0.1) is 0 Å². The molecule has 80 valence electrons. The Hall–Kier alpha value is -0.590. The van der Waals surface area contributed by atoms with Gasteiger partial charge in [-0.25, -0.2) is 0 Å². The third-order valence-electron chi connectivity index (χ3n) is 1.49. The van der Waals surface area contributed by atoms with E-state index in [0.29, 0.717) is 9.35 Å². The van der Waals surface area contributed by atoms with Crippen LogP contribution in [0.4, 0.5) is 0 Å². The number of nitrogens with two attached hydrogens (primary N) is 2. The lowest BCUT2D eigenvalue weighted by Crippen LogP contribution is -2.25. The average Bonchev–Trinajstić information content (AvgIpc) is 2.14. The lowest BCUT2D eigenvalue weighted by molar-refractivity contribution is 0.251. The van der Waals surface area contributed by atoms with E-state index in [1.807, 2.05) is 6.92 Å². The monoisotopic (exact) mass is 279 g/mol. The van der Waals surface area contributed by atoms with Crippen molar-refractivity contribution in [1.29, 1.82) is 0 Å². The Morgan fingerprint density at radius 1 is 1.71 bits per heavy atom. The molecule has 1 atom stereocenters. The Labute approximate surface area is 97.2 Å². The first-order valence-corrected chi connectivity index (χ1v) is 5.23. The van der Waals surface area contributed by atoms with Crippen LogP contribution in [0.2, 0.25) is 0 Å². The van der Waals surface area contributed by atoms with E-state index in [1.54, 1.807) is 0 Å². The first-order valence-electron chi connectivity index (χ1n) is 4.03. The molecule has 6 N–H and O–H groups in total. The van der Waals surface area contributed by atoms with Gasteiger partial charge in [0.15, 0.2) is 0 Å². The normalized spacial score (nSPS) is 15.1. The van der Waals surface area contributed by atoms with Gasteiger partial charge < -0.3 is 21.9 Å². The number of halogens is 1. The summed E-state index contributed by atoms with van der Waals surface area (Å²) in [5.41, 5.74) is 11.5. The smallest absolute Gasteiger partial charge is 0.123 e. The maximum Gasteiger partial charge on any atom is 0.123 e. The predicted octanol–water partition coefficient (Wildman–Crippen LogP) is 0.322. The number of aliphatic hydroxyl groups excluding tert-OH is 1. The molecule has 0 heterocycles. The minimum atomic E-state index is -0.981. The van der Waals surface area contributed by atoms with E-state index in [4.69, 9.17) is 23.7 Å². The van der Waals surface area contributed by atoms with Crippen molar-refractivity contribution < 1.29 is 5.11 Å². The molecule has 0 rings (SSSR count). The van der Waals surface area contributed by atoms with Crippen molar-refractivity contribution >= 4 is 31.9 Å². The van der Waals surface area contributed by atoms with E-state index >= 15 is 0 Å². The molecule has 0 spiro atoms. The molecule has 6 heteroatoms. The molecule has 0 aromatic carbocycles. The molecule has 0 aliphatic heterocycles. The van der Waals surface area contributed by atoms with Gasteiger partial charge in [-0.3, -0.25) is 0 Å². The van der Waals surface area contributed by atoms with Gasteiger partial charge in [-0.1, -0.05) is 12.2 Å². The quantitative estimate of drug-likeness (QED) is 0.331. The lowest BCUT2D eigenvalue weighted by Gasteiger charge is -2.13. The van der Waals surface area contributed by atoms with Gasteiger partial charge in [-0.05, 0) is 22.9 Å². The van der Waals surface area contributed by atoms with E-state index in [2.05, 4.69) is 21.2 Å². The fraction of sp³-hybridized carbons (Fsp3) is 0.375. The molecule has 0 aliphatic carbocycles. The second kappa shape index (κ2) is 6.80. The second-order valence-electron chi connectivity index (χ2n) is 2.50. The van der Waals surface area contributed by atoms with Gasteiger partial charge >= 0.3 is 0 Å². The van der Waals surface area contributed by atoms with Crippen LogP contribution in [0.1, 0.15) is 6.92 Å². The molecule has 1 unspecified atom stereocenters. The minimum absolute atomic E-state index is 0.269. The van der Waals surface area contributed by atoms with Gasteiger partial charge in [-0.15, -0.1) is 0 Å². The van der Waals surface area contributed by atoms with Crippen LogP contribution in [0.5, 0.6) is 0 Å². The van der Waals surface area contributed by atoms with E-state index in [0.717, 1.165) is 6.54 Å². The van der Waals surface area contributed by atoms with Gasteiger partial charge in [0.05, 0.1) is 9.47 Å². The van der Waals surface area contributed by atoms with Gasteiger partial charge in [0.2, 0.25) is 0 Å². The molecular weight excluding hydrogens is 266 g/mol. The molecule has 0 saturated carbocycles. The molecular formula is C8H14BrN3OS. The maximum atomic E-state index is 9.68. The van der Waals surface area contributed by atoms with E-state index < -0.39 is 6.10 Å². The molecule has 0 bridgehead atoms. The lowest BCUT2D eigenvalue weighted by atomic mass is 10.1. The molecule has 0 aromatic rings. The number of hydrogen-bond acceptors (Lipinski definition) is 5. The average molecular weight is 280 g/mol. The van der Waals surface area contributed by atoms with Gasteiger partial charge in [0, 0.05) is 24.5 Å². The SMILES string of the molecule is CCN/C=C(\N)C(O)C(=CN)C(=S)Br. The van der Waals surface area contributed by atoms with E-state index in [-0.39, 0.29) is 5.70 Å². The van der Waals surface area contributed by atoms with Crippen LogP contribution in [-0.2, 0) is 0 Å². The van der Waals surface area contributed by atoms with Crippen molar-refractivity contribution in [2.45, 2.75) is 13.0 Å². The zero-order chi connectivity index (χ0) is 11.1. The standard InChI is InChI=1S/C8H14BrN3OS/c1-2-12-4-6(11)7(13)5(3-10)8(9)14/h3-4,7,12-13H,2,10-11H2,1H3/b5-3?,6-4-. The molecule has 0 saturated heterocycles. The summed E-state index contributed by atoms with van der Waals surface area (Å²) < 4.78 is 0.348. The summed E-state index contributed by atoms with van der Waals surface area (Å²) >= 11 is 7.89. The highest BCUT2D eigenvalue weighted by Crippen LogP contribution is 2.12. The summed E-state index contributed by atoms with van der Waals surface area (Å²) in [5.74, 6) is 0. The zero-order valence-corrected chi connectivity index (χ0v) is 10.2. The highest BCUT2D eigenvalue weighted by atomic mass is 79.9. The second-order valence-corrected chi connectivity index (χ2v) is 4.23. The number of nitrogens with one attached hydrogen (secondary N) is 1. The Kier molecular flexibility index (Phi) is 6.52. The van der Waals surface area contributed by atoms with Crippen LogP contribution >= 0.6 is 28.1 Å². The molecule has 4 nitrogen and oxygen atoms in total. The van der Waals surface area contributed by atoms with Crippen LogP contribution < -0.4 is 16.8 Å². The first-order chi connectivity index (χ1) is 6.54. The fourth-order valence-electron chi connectivity index (χ4n) is 0.743. The van der Waals surface area contributed by atoms with Crippen LogP contribution in [-0.4, -0.2) is 21.5 Å². The number of aliphatic hydroxyl groups is 1. The number of hydrogen-bond donors (Lipinski definition) is 4. The minimum Gasteiger partial charge on any atom is -0.404 e. The van der Waals surface area contributed by atoms with Crippen LogP contribution in [0.25, 0.3) is 0 Å². The molecule has 0 radical (unpaired) electrons. The Morgan fingerprint density at radius 2 is 2.29 bits per heavy atom. The Balaban J connectivity index is 4.59. The summed E-state index contributed by atoms with van der Waals surface area (Å²) in [6.07, 6.45) is 1.78. The summed E-state index contributed by atoms with van der Waals surface area (Å²) in [7, 11) is 0. The van der Waals surface area contributed by atoms with Gasteiger partial charge in [0.25, 0.3) is 0 Å². The van der Waals surface area contributed by atoms with Crippen molar-refractivity contribution in [2.24, 2.45) is 11.5 Å². The largest absolute Gasteiger partial charge is 0.404 e. The van der Waals surface area contributed by atoms with Crippen molar-refractivity contribution in [3.8, 4) is 0 Å². The molecule has 14 heavy (non-hydrogen) atoms. The highest BCUT2D eigenvalue weighted by Gasteiger charge is 2.15. The summed E-state index contributed by atoms with van der Waals surface area (Å²) in [4.78, 5) is 0. The topological polar surface area (TPSA) is 84.3 Å². The first kappa shape index (κ1) is 13.4. The van der Waals surface area contributed by atoms with Gasteiger partial charge in [-0.2, -0.15) is 0 Å². The fourth-order valence-corrected chi connectivity index (χ4v) is 1.27. The Morgan fingerprint density at radius 3 is 2.64 bits per heavy atom. The third-order valence-corrected chi connectivity index (χ3v) is 2.18. The van der Waals surface area contributed by atoms with Gasteiger partial charge in [0.1, 0.15) is 6.10 Å². The van der Waals surface area contributed by atoms with Crippen LogP contribution in [0.3, 0.4) is 0 Å².